The molecule has 0 aliphatic heterocycles. The number of aryl methyl sites for hydroxylation is 1. The molecule has 0 bridgehead atoms. The highest BCUT2D eigenvalue weighted by Crippen LogP contribution is 2.26. The van der Waals surface area contributed by atoms with Crippen LogP contribution in [0.1, 0.15) is 25.8 Å². The number of benzene rings is 1. The van der Waals surface area contributed by atoms with Gasteiger partial charge in [-0.25, -0.2) is 0 Å². The molecule has 0 amide bonds. The molecule has 0 aliphatic carbocycles. The predicted octanol–water partition coefficient (Wildman–Crippen LogP) is 2.81. The van der Waals surface area contributed by atoms with Crippen LogP contribution in [0.4, 0.5) is 0 Å². The van der Waals surface area contributed by atoms with E-state index in [0.29, 0.717) is 11.6 Å². The van der Waals surface area contributed by atoms with Gasteiger partial charge in [-0.15, -0.1) is 0 Å². The first-order valence-electron chi connectivity index (χ1n) is 7.18. The third-order valence-corrected chi connectivity index (χ3v) is 3.73. The van der Waals surface area contributed by atoms with Gasteiger partial charge in [0.25, 0.3) is 0 Å². The molecule has 1 heterocycles. The average molecular weight is 308 g/mol. The number of aliphatic hydroxyl groups excluding tert-OH is 1. The highest BCUT2D eigenvalue weighted by atomic mass is 35.5. The maximum Gasteiger partial charge on any atom is 0.0785 e. The van der Waals surface area contributed by atoms with Gasteiger partial charge in [-0.05, 0) is 25.8 Å². The summed E-state index contributed by atoms with van der Waals surface area (Å²) in [5, 5.41) is 18.4. The van der Waals surface area contributed by atoms with Gasteiger partial charge in [-0.2, -0.15) is 5.10 Å². The molecule has 21 heavy (non-hydrogen) atoms. The van der Waals surface area contributed by atoms with Crippen molar-refractivity contribution < 1.29 is 5.11 Å². The van der Waals surface area contributed by atoms with E-state index in [9.17, 15) is 5.11 Å². The highest BCUT2D eigenvalue weighted by Gasteiger charge is 2.31. The quantitative estimate of drug-likeness (QED) is 0.827. The number of hydrogen-bond acceptors (Lipinski definition) is 3. The maximum absolute atomic E-state index is 10.0. The molecule has 2 rings (SSSR count). The number of rotatable bonds is 7. The van der Waals surface area contributed by atoms with E-state index in [-0.39, 0.29) is 12.6 Å². The van der Waals surface area contributed by atoms with Crippen LogP contribution in [0.5, 0.6) is 0 Å². The predicted molar refractivity (Wildman–Crippen MR) is 85.3 cm³/mol. The normalized spacial score (nSPS) is 14.3. The molecule has 1 atom stereocenters. The Bertz CT molecular complexity index is 556. The Labute approximate surface area is 130 Å². The number of aromatic nitrogens is 2. The van der Waals surface area contributed by atoms with Crippen LogP contribution in [0, 0.1) is 0 Å². The van der Waals surface area contributed by atoms with Crippen molar-refractivity contribution in [3.05, 3.63) is 53.3 Å². The van der Waals surface area contributed by atoms with Crippen molar-refractivity contribution in [1.29, 1.82) is 0 Å². The van der Waals surface area contributed by atoms with Crippen LogP contribution in [-0.4, -0.2) is 27.5 Å². The lowest BCUT2D eigenvalue weighted by atomic mass is 9.86. The van der Waals surface area contributed by atoms with Crippen LogP contribution >= 0.6 is 11.6 Å². The first-order chi connectivity index (χ1) is 10.1. The monoisotopic (exact) mass is 307 g/mol. The van der Waals surface area contributed by atoms with E-state index in [2.05, 4.69) is 24.3 Å². The van der Waals surface area contributed by atoms with E-state index >= 15 is 0 Å². The van der Waals surface area contributed by atoms with Crippen LogP contribution in [0.15, 0.2) is 42.7 Å². The van der Waals surface area contributed by atoms with Crippen LogP contribution in [-0.2, 0) is 12.1 Å². The summed E-state index contributed by atoms with van der Waals surface area (Å²) in [6, 6.07) is 10.3. The Balaban J connectivity index is 2.22. The van der Waals surface area contributed by atoms with Crippen molar-refractivity contribution in [3.63, 3.8) is 0 Å². The summed E-state index contributed by atoms with van der Waals surface area (Å²) in [6.07, 6.45) is 4.15. The standard InChI is InChI=1S/C16H22ClN3O/c1-13(2)19-16(12-21,14-6-4-3-5-7-14)8-9-20-11-15(17)10-18-20/h3-7,10-11,13,19,21H,8-9,12H2,1-2H3. The van der Waals surface area contributed by atoms with Gasteiger partial charge < -0.3 is 10.4 Å². The lowest BCUT2D eigenvalue weighted by Gasteiger charge is -2.36. The van der Waals surface area contributed by atoms with E-state index in [1.54, 1.807) is 17.1 Å². The molecule has 114 valence electrons. The maximum atomic E-state index is 10.0. The lowest BCUT2D eigenvalue weighted by Crippen LogP contribution is -2.49. The van der Waals surface area contributed by atoms with Crippen molar-refractivity contribution in [2.24, 2.45) is 0 Å². The molecule has 4 nitrogen and oxygen atoms in total. The first-order valence-corrected chi connectivity index (χ1v) is 7.55. The van der Waals surface area contributed by atoms with Crippen molar-refractivity contribution in [2.45, 2.75) is 38.4 Å². The van der Waals surface area contributed by atoms with Gasteiger partial charge >= 0.3 is 0 Å². The summed E-state index contributed by atoms with van der Waals surface area (Å²) in [7, 11) is 0. The minimum atomic E-state index is -0.478. The first kappa shape index (κ1) is 16.0. The summed E-state index contributed by atoms with van der Waals surface area (Å²) < 4.78 is 1.80. The molecule has 0 radical (unpaired) electrons. The van der Waals surface area contributed by atoms with Gasteiger partial charge in [0, 0.05) is 18.8 Å². The van der Waals surface area contributed by atoms with E-state index in [1.807, 2.05) is 30.3 Å². The van der Waals surface area contributed by atoms with Crippen molar-refractivity contribution in [3.8, 4) is 0 Å². The zero-order chi connectivity index (χ0) is 15.3. The summed E-state index contributed by atoms with van der Waals surface area (Å²) in [5.74, 6) is 0. The average Bonchev–Trinajstić information content (AvgIpc) is 2.90. The Kier molecular flexibility index (Phi) is 5.39. The highest BCUT2D eigenvalue weighted by molar-refractivity contribution is 6.30. The Morgan fingerprint density at radius 1 is 1.33 bits per heavy atom. The number of nitrogens with zero attached hydrogens (tertiary/aromatic N) is 2. The van der Waals surface area contributed by atoms with Gasteiger partial charge in [0.05, 0.1) is 23.4 Å². The van der Waals surface area contributed by atoms with E-state index < -0.39 is 5.54 Å². The van der Waals surface area contributed by atoms with E-state index in [4.69, 9.17) is 11.6 Å². The van der Waals surface area contributed by atoms with Crippen LogP contribution in [0.2, 0.25) is 5.02 Å². The molecule has 2 N–H and O–H groups in total. The van der Waals surface area contributed by atoms with Gasteiger partial charge in [0.15, 0.2) is 0 Å². The Morgan fingerprint density at radius 2 is 2.05 bits per heavy atom. The molecule has 1 unspecified atom stereocenters. The molecule has 0 saturated carbocycles. The third-order valence-electron chi connectivity index (χ3n) is 3.53. The summed E-state index contributed by atoms with van der Waals surface area (Å²) >= 11 is 5.90. The summed E-state index contributed by atoms with van der Waals surface area (Å²) in [5.41, 5.74) is 0.605. The molecule has 0 fully saturated rings. The zero-order valence-electron chi connectivity index (χ0n) is 12.5. The fourth-order valence-corrected chi connectivity index (χ4v) is 2.75. The molecule has 1 aromatic heterocycles. The SMILES string of the molecule is CC(C)NC(CO)(CCn1cc(Cl)cn1)c1ccccc1. The topological polar surface area (TPSA) is 50.1 Å². The van der Waals surface area contributed by atoms with Crippen molar-refractivity contribution in [1.82, 2.24) is 15.1 Å². The van der Waals surface area contributed by atoms with Gasteiger partial charge in [-0.1, -0.05) is 41.9 Å². The number of aliphatic hydroxyl groups is 1. The second kappa shape index (κ2) is 7.07. The Hall–Kier alpha value is -1.36. The minimum Gasteiger partial charge on any atom is -0.394 e. The third kappa shape index (κ3) is 4.06. The van der Waals surface area contributed by atoms with Gasteiger partial charge in [-0.3, -0.25) is 4.68 Å². The fourth-order valence-electron chi connectivity index (χ4n) is 2.59. The van der Waals surface area contributed by atoms with E-state index in [1.165, 1.54) is 0 Å². The van der Waals surface area contributed by atoms with Crippen LogP contribution in [0.25, 0.3) is 0 Å². The molecule has 5 heteroatoms. The van der Waals surface area contributed by atoms with Crippen molar-refractivity contribution >= 4 is 11.6 Å². The lowest BCUT2D eigenvalue weighted by molar-refractivity contribution is 0.135. The van der Waals surface area contributed by atoms with Crippen LogP contribution < -0.4 is 5.32 Å². The molecular formula is C16H22ClN3O. The summed E-state index contributed by atoms with van der Waals surface area (Å²) in [4.78, 5) is 0. The number of hydrogen-bond donors (Lipinski definition) is 2. The molecule has 1 aromatic carbocycles. The smallest absolute Gasteiger partial charge is 0.0785 e. The fraction of sp³-hybridized carbons (Fsp3) is 0.438. The molecule has 0 saturated heterocycles. The largest absolute Gasteiger partial charge is 0.394 e. The molecular weight excluding hydrogens is 286 g/mol. The second-order valence-corrected chi connectivity index (χ2v) is 6.01. The molecule has 0 aliphatic rings. The number of halogens is 1. The number of nitrogens with one attached hydrogen (secondary N) is 1. The van der Waals surface area contributed by atoms with Gasteiger partial charge in [0.2, 0.25) is 0 Å². The molecule has 0 spiro atoms. The summed E-state index contributed by atoms with van der Waals surface area (Å²) in [6.45, 7) is 4.88. The van der Waals surface area contributed by atoms with Crippen LogP contribution in [0.3, 0.4) is 0 Å². The Morgan fingerprint density at radius 3 is 2.57 bits per heavy atom. The van der Waals surface area contributed by atoms with Crippen molar-refractivity contribution in [2.75, 3.05) is 6.61 Å². The zero-order valence-corrected chi connectivity index (χ0v) is 13.2. The van der Waals surface area contributed by atoms with E-state index in [0.717, 1.165) is 12.0 Å². The minimum absolute atomic E-state index is 0.0319. The molecule has 2 aromatic rings. The second-order valence-electron chi connectivity index (χ2n) is 5.58. The van der Waals surface area contributed by atoms with Gasteiger partial charge in [0.1, 0.15) is 0 Å².